The number of benzene rings is 2. The average molecular weight is 621 g/mol. The van der Waals surface area contributed by atoms with E-state index < -0.39 is 34.4 Å². The van der Waals surface area contributed by atoms with E-state index in [2.05, 4.69) is 27.1 Å². The summed E-state index contributed by atoms with van der Waals surface area (Å²) in [7, 11) is 1.31. The van der Waals surface area contributed by atoms with Crippen molar-refractivity contribution in [3.05, 3.63) is 82.7 Å². The van der Waals surface area contributed by atoms with Crippen LogP contribution < -0.4 is 5.32 Å². The van der Waals surface area contributed by atoms with Gasteiger partial charge in [0.15, 0.2) is 0 Å². The highest BCUT2D eigenvalue weighted by molar-refractivity contribution is 5.87. The molecular formula is C34H35F3N4O4. The summed E-state index contributed by atoms with van der Waals surface area (Å²) in [6.45, 7) is 6.71. The van der Waals surface area contributed by atoms with Crippen LogP contribution in [0.25, 0.3) is 0 Å². The number of carbonyl (C=O) groups excluding carboxylic acids is 2. The van der Waals surface area contributed by atoms with Gasteiger partial charge in [-0.15, -0.1) is 0 Å². The molecule has 1 aliphatic carbocycles. The molecule has 1 saturated heterocycles. The minimum absolute atomic E-state index is 0.0350. The van der Waals surface area contributed by atoms with E-state index in [1.165, 1.54) is 7.11 Å². The number of esters is 1. The topological polar surface area (TPSA) is 93.7 Å². The van der Waals surface area contributed by atoms with Crippen LogP contribution in [-0.4, -0.2) is 52.7 Å². The van der Waals surface area contributed by atoms with E-state index in [4.69, 9.17) is 9.47 Å². The molecule has 11 heteroatoms. The Hall–Kier alpha value is -4.59. The van der Waals surface area contributed by atoms with Gasteiger partial charge in [0.05, 0.1) is 12.5 Å². The highest BCUT2D eigenvalue weighted by Gasteiger charge is 2.53. The predicted molar refractivity (Wildman–Crippen MR) is 162 cm³/mol. The Morgan fingerprint density at radius 1 is 1.00 bits per heavy atom. The third-order valence-corrected chi connectivity index (χ3v) is 7.96. The maximum absolute atomic E-state index is 13.9. The zero-order valence-corrected chi connectivity index (χ0v) is 25.6. The van der Waals surface area contributed by atoms with E-state index >= 15 is 0 Å². The minimum Gasteiger partial charge on any atom is -0.468 e. The van der Waals surface area contributed by atoms with E-state index in [9.17, 15) is 22.8 Å². The van der Waals surface area contributed by atoms with Gasteiger partial charge in [0.1, 0.15) is 16.9 Å². The number of halogens is 3. The van der Waals surface area contributed by atoms with Gasteiger partial charge >= 0.3 is 18.2 Å². The summed E-state index contributed by atoms with van der Waals surface area (Å²) >= 11 is 0. The summed E-state index contributed by atoms with van der Waals surface area (Å²) < 4.78 is 52.0. The van der Waals surface area contributed by atoms with Gasteiger partial charge in [-0.05, 0) is 87.6 Å². The molecule has 0 unspecified atom stereocenters. The van der Waals surface area contributed by atoms with Gasteiger partial charge in [-0.2, -0.15) is 13.2 Å². The molecule has 2 heterocycles. The Labute approximate surface area is 260 Å². The van der Waals surface area contributed by atoms with Crippen molar-refractivity contribution < 1.29 is 32.2 Å². The standard InChI is InChI=1S/C34H35F3N4O4/c1-32(2,3)45-31(43)41-19-15-23(16-20-41)22-9-12-25(13-10-22)39-30-38-21-27(34(35,36)37)28(40-30)14-11-24-7-5-6-8-26(24)33(17-18-33)29(42)44-4/h5-10,12-13,21,23H,15-20H2,1-4H3,(H,38,39,40). The molecule has 2 aliphatic rings. The Morgan fingerprint density at radius 3 is 2.27 bits per heavy atom. The summed E-state index contributed by atoms with van der Waals surface area (Å²) in [6, 6.07) is 14.4. The molecule has 3 aromatic rings. The van der Waals surface area contributed by atoms with Crippen molar-refractivity contribution in [1.82, 2.24) is 14.9 Å². The lowest BCUT2D eigenvalue weighted by Crippen LogP contribution is -2.41. The molecular weight excluding hydrogens is 585 g/mol. The van der Waals surface area contributed by atoms with Crippen molar-refractivity contribution in [2.75, 3.05) is 25.5 Å². The number of anilines is 2. The zero-order valence-electron chi connectivity index (χ0n) is 25.6. The summed E-state index contributed by atoms with van der Waals surface area (Å²) in [4.78, 5) is 34.6. The third-order valence-electron chi connectivity index (χ3n) is 7.96. The maximum Gasteiger partial charge on any atom is 0.420 e. The summed E-state index contributed by atoms with van der Waals surface area (Å²) in [5.41, 5.74) is -0.142. The van der Waals surface area contributed by atoms with Crippen LogP contribution in [0.1, 0.15) is 80.3 Å². The molecule has 1 aliphatic heterocycles. The van der Waals surface area contributed by atoms with Crippen LogP contribution in [0, 0.1) is 11.8 Å². The average Bonchev–Trinajstić information content (AvgIpc) is 3.81. The number of nitrogens with one attached hydrogen (secondary N) is 1. The molecule has 236 valence electrons. The Balaban J connectivity index is 1.31. The first-order valence-electron chi connectivity index (χ1n) is 14.8. The van der Waals surface area contributed by atoms with Crippen LogP contribution in [0.4, 0.5) is 29.6 Å². The number of aromatic nitrogens is 2. The third kappa shape index (κ3) is 7.39. The van der Waals surface area contributed by atoms with E-state index in [0.29, 0.717) is 42.7 Å². The van der Waals surface area contributed by atoms with Crippen molar-refractivity contribution in [2.45, 2.75) is 69.6 Å². The number of piperidine rings is 1. The molecule has 1 N–H and O–H groups in total. The van der Waals surface area contributed by atoms with Crippen molar-refractivity contribution in [1.29, 1.82) is 0 Å². The molecule has 45 heavy (non-hydrogen) atoms. The highest BCUT2D eigenvalue weighted by atomic mass is 19.4. The Bertz CT molecular complexity index is 1630. The fourth-order valence-corrected chi connectivity index (χ4v) is 5.47. The molecule has 0 atom stereocenters. The number of methoxy groups -OCH3 is 1. The number of amides is 1. The van der Waals surface area contributed by atoms with E-state index in [-0.39, 0.29) is 18.0 Å². The normalized spacial score (nSPS) is 16.3. The zero-order chi connectivity index (χ0) is 32.4. The largest absolute Gasteiger partial charge is 0.468 e. The van der Waals surface area contributed by atoms with Gasteiger partial charge in [0.25, 0.3) is 0 Å². The molecule has 0 bridgehead atoms. The van der Waals surface area contributed by atoms with E-state index in [1.54, 1.807) is 29.2 Å². The summed E-state index contributed by atoms with van der Waals surface area (Å²) in [5, 5.41) is 2.98. The number of nitrogens with zero attached hydrogens (tertiary/aromatic N) is 3. The molecule has 1 saturated carbocycles. The van der Waals surface area contributed by atoms with Crippen molar-refractivity contribution in [3.8, 4) is 11.8 Å². The molecule has 1 aromatic heterocycles. The number of alkyl halides is 3. The molecule has 0 spiro atoms. The fraction of sp³-hybridized carbons (Fsp3) is 0.412. The second-order valence-electron chi connectivity index (χ2n) is 12.3. The number of hydrogen-bond acceptors (Lipinski definition) is 7. The van der Waals surface area contributed by atoms with Crippen molar-refractivity contribution >= 4 is 23.7 Å². The van der Waals surface area contributed by atoms with Crippen LogP contribution in [0.5, 0.6) is 0 Å². The first-order valence-corrected chi connectivity index (χ1v) is 14.8. The summed E-state index contributed by atoms with van der Waals surface area (Å²) in [6.07, 6.45) is -1.56. The number of carbonyl (C=O) groups is 2. The van der Waals surface area contributed by atoms with Gasteiger partial charge in [0, 0.05) is 30.5 Å². The minimum atomic E-state index is -4.72. The maximum atomic E-state index is 13.9. The lowest BCUT2D eigenvalue weighted by Gasteiger charge is -2.33. The van der Waals surface area contributed by atoms with Crippen molar-refractivity contribution in [3.63, 3.8) is 0 Å². The number of ether oxygens (including phenoxy) is 2. The molecule has 2 aromatic carbocycles. The fourth-order valence-electron chi connectivity index (χ4n) is 5.47. The molecule has 8 nitrogen and oxygen atoms in total. The van der Waals surface area contributed by atoms with Crippen LogP contribution in [0.3, 0.4) is 0 Å². The van der Waals surface area contributed by atoms with Crippen LogP contribution in [0.15, 0.2) is 54.7 Å². The van der Waals surface area contributed by atoms with Gasteiger partial charge in [-0.3, -0.25) is 4.79 Å². The lowest BCUT2D eigenvalue weighted by molar-refractivity contribution is -0.143. The first-order chi connectivity index (χ1) is 21.3. The highest BCUT2D eigenvalue weighted by Crippen LogP contribution is 2.50. The van der Waals surface area contributed by atoms with Crippen LogP contribution in [-0.2, 0) is 25.9 Å². The van der Waals surface area contributed by atoms with Crippen LogP contribution in [0.2, 0.25) is 0 Å². The number of rotatable bonds is 5. The molecule has 2 fully saturated rings. The quantitative estimate of drug-likeness (QED) is 0.244. The van der Waals surface area contributed by atoms with E-state index in [0.717, 1.165) is 24.6 Å². The molecule has 5 rings (SSSR count). The SMILES string of the molecule is COC(=O)C1(c2ccccc2C#Cc2nc(Nc3ccc(C4CCN(C(=O)OC(C)(C)C)CC4)cc3)ncc2C(F)(F)F)CC1. The smallest absolute Gasteiger partial charge is 0.420 e. The molecule has 0 radical (unpaired) electrons. The van der Waals surface area contributed by atoms with Gasteiger partial charge in [-0.1, -0.05) is 36.3 Å². The lowest BCUT2D eigenvalue weighted by atomic mass is 9.89. The monoisotopic (exact) mass is 620 g/mol. The Morgan fingerprint density at radius 2 is 1.67 bits per heavy atom. The number of likely N-dealkylation sites (tertiary alicyclic amines) is 1. The van der Waals surface area contributed by atoms with E-state index in [1.807, 2.05) is 45.0 Å². The number of hydrogen-bond donors (Lipinski definition) is 1. The van der Waals surface area contributed by atoms with Gasteiger partial charge in [0.2, 0.25) is 5.95 Å². The van der Waals surface area contributed by atoms with Gasteiger partial charge in [-0.25, -0.2) is 14.8 Å². The van der Waals surface area contributed by atoms with Gasteiger partial charge < -0.3 is 19.7 Å². The second kappa shape index (κ2) is 12.4. The molecule has 1 amide bonds. The van der Waals surface area contributed by atoms with Crippen molar-refractivity contribution in [2.24, 2.45) is 0 Å². The second-order valence-corrected chi connectivity index (χ2v) is 12.3. The predicted octanol–water partition coefficient (Wildman–Crippen LogP) is 6.96. The Kier molecular flexibility index (Phi) is 8.79. The van der Waals surface area contributed by atoms with Crippen LogP contribution >= 0.6 is 0 Å². The summed E-state index contributed by atoms with van der Waals surface area (Å²) in [5.74, 6) is 5.24. The first kappa shape index (κ1) is 31.8.